The Hall–Kier alpha value is -2.36. The van der Waals surface area contributed by atoms with Crippen molar-refractivity contribution in [3.63, 3.8) is 0 Å². The van der Waals surface area contributed by atoms with Crippen molar-refractivity contribution >= 4 is 0 Å². The van der Waals surface area contributed by atoms with E-state index in [-0.39, 0.29) is 0 Å². The fourth-order valence-corrected chi connectivity index (χ4v) is 2.62. The van der Waals surface area contributed by atoms with E-state index in [9.17, 15) is 0 Å². The van der Waals surface area contributed by atoms with Crippen molar-refractivity contribution in [1.82, 2.24) is 14.5 Å². The Morgan fingerprint density at radius 3 is 2.68 bits per heavy atom. The van der Waals surface area contributed by atoms with E-state index in [1.165, 1.54) is 5.56 Å². The zero-order valence-corrected chi connectivity index (χ0v) is 13.5. The summed E-state index contributed by atoms with van der Waals surface area (Å²) in [7, 11) is 0. The van der Waals surface area contributed by atoms with E-state index < -0.39 is 0 Å². The van der Waals surface area contributed by atoms with Crippen LogP contribution in [0.4, 0.5) is 0 Å². The van der Waals surface area contributed by atoms with Crippen LogP contribution in [-0.2, 0) is 6.54 Å². The van der Waals surface area contributed by atoms with Crippen LogP contribution in [0.2, 0.25) is 0 Å². The van der Waals surface area contributed by atoms with Crippen LogP contribution in [0.3, 0.4) is 0 Å². The molecule has 0 saturated carbocycles. The Labute approximate surface area is 130 Å². The smallest absolute Gasteiger partial charge is 0.226 e. The van der Waals surface area contributed by atoms with E-state index in [4.69, 9.17) is 9.40 Å². The minimum absolute atomic E-state index is 0.387. The lowest BCUT2D eigenvalue weighted by molar-refractivity contribution is 0.536. The highest BCUT2D eigenvalue weighted by Gasteiger charge is 2.15. The zero-order valence-electron chi connectivity index (χ0n) is 13.5. The third-order valence-corrected chi connectivity index (χ3v) is 3.85. The first-order valence-electron chi connectivity index (χ1n) is 7.59. The monoisotopic (exact) mass is 295 g/mol. The Morgan fingerprint density at radius 1 is 1.18 bits per heavy atom. The lowest BCUT2D eigenvalue weighted by atomic mass is 10.1. The van der Waals surface area contributed by atoms with Crippen LogP contribution >= 0.6 is 0 Å². The average molecular weight is 295 g/mol. The van der Waals surface area contributed by atoms with Crippen LogP contribution in [0, 0.1) is 13.8 Å². The van der Waals surface area contributed by atoms with Gasteiger partial charge in [-0.05, 0) is 25.5 Å². The largest absolute Gasteiger partial charge is 0.441 e. The number of benzene rings is 1. The summed E-state index contributed by atoms with van der Waals surface area (Å²) >= 11 is 0. The van der Waals surface area contributed by atoms with Crippen LogP contribution in [0.15, 0.2) is 41.1 Å². The van der Waals surface area contributed by atoms with Gasteiger partial charge in [0.05, 0.1) is 6.54 Å². The second-order valence-electron chi connectivity index (χ2n) is 5.90. The van der Waals surface area contributed by atoms with Gasteiger partial charge in [-0.3, -0.25) is 0 Å². The first kappa shape index (κ1) is 14.6. The van der Waals surface area contributed by atoms with Crippen molar-refractivity contribution in [1.29, 1.82) is 0 Å². The van der Waals surface area contributed by atoms with Gasteiger partial charge in [0.25, 0.3) is 0 Å². The maximum atomic E-state index is 5.89. The molecule has 0 unspecified atom stereocenters. The number of aryl methyl sites for hydroxylation is 2. The van der Waals surface area contributed by atoms with Crippen LogP contribution in [0.5, 0.6) is 0 Å². The van der Waals surface area contributed by atoms with E-state index in [0.717, 1.165) is 22.8 Å². The summed E-state index contributed by atoms with van der Waals surface area (Å²) in [5.74, 6) is 3.01. The molecular weight excluding hydrogens is 274 g/mol. The van der Waals surface area contributed by atoms with Crippen molar-refractivity contribution < 1.29 is 4.42 Å². The van der Waals surface area contributed by atoms with Crippen LogP contribution in [-0.4, -0.2) is 14.5 Å². The summed E-state index contributed by atoms with van der Waals surface area (Å²) in [6.07, 6.45) is 3.84. The molecule has 2 heterocycles. The van der Waals surface area contributed by atoms with Gasteiger partial charge in [-0.25, -0.2) is 9.97 Å². The molecule has 4 nitrogen and oxygen atoms in total. The number of hydrogen-bond donors (Lipinski definition) is 0. The first-order valence-corrected chi connectivity index (χ1v) is 7.59. The molecular formula is C18H21N3O. The van der Waals surface area contributed by atoms with Gasteiger partial charge in [0.2, 0.25) is 5.89 Å². The van der Waals surface area contributed by atoms with E-state index in [0.29, 0.717) is 18.4 Å². The Balaban J connectivity index is 1.93. The Kier molecular flexibility index (Phi) is 3.84. The number of aromatic nitrogens is 3. The van der Waals surface area contributed by atoms with Crippen LogP contribution in [0.1, 0.15) is 42.6 Å². The predicted molar refractivity (Wildman–Crippen MR) is 86.8 cm³/mol. The molecule has 0 saturated heterocycles. The molecule has 0 amide bonds. The fraction of sp³-hybridized carbons (Fsp3) is 0.333. The third-order valence-electron chi connectivity index (χ3n) is 3.85. The Bertz CT molecular complexity index is 783. The summed E-state index contributed by atoms with van der Waals surface area (Å²) < 4.78 is 8.02. The van der Waals surface area contributed by atoms with Gasteiger partial charge in [-0.15, -0.1) is 0 Å². The van der Waals surface area contributed by atoms with E-state index in [1.807, 2.05) is 37.5 Å². The summed E-state index contributed by atoms with van der Waals surface area (Å²) in [5, 5.41) is 0. The highest BCUT2D eigenvalue weighted by atomic mass is 16.4. The Morgan fingerprint density at radius 2 is 1.95 bits per heavy atom. The summed E-state index contributed by atoms with van der Waals surface area (Å²) in [6.45, 7) is 9.02. The molecule has 114 valence electrons. The highest BCUT2D eigenvalue weighted by Crippen LogP contribution is 2.25. The molecule has 1 aromatic carbocycles. The standard InChI is InChI=1S/C18H21N3O/c1-12(2)17-19-9-10-21(17)11-16-14(4)22-18(20-16)15-8-6-5-7-13(15)3/h5-10,12H,11H2,1-4H3. The topological polar surface area (TPSA) is 43.9 Å². The molecule has 0 aliphatic carbocycles. The summed E-state index contributed by atoms with van der Waals surface area (Å²) in [4.78, 5) is 9.13. The van der Waals surface area contributed by atoms with Crippen molar-refractivity contribution in [3.05, 3.63) is 59.5 Å². The number of hydrogen-bond acceptors (Lipinski definition) is 3. The number of rotatable bonds is 4. The summed E-state index contributed by atoms with van der Waals surface area (Å²) in [6, 6.07) is 8.15. The molecule has 0 aliphatic heterocycles. The van der Waals surface area contributed by atoms with Gasteiger partial charge in [-0.2, -0.15) is 0 Å². The molecule has 0 atom stereocenters. The van der Waals surface area contributed by atoms with Gasteiger partial charge < -0.3 is 8.98 Å². The summed E-state index contributed by atoms with van der Waals surface area (Å²) in [5.41, 5.74) is 3.17. The lowest BCUT2D eigenvalue weighted by Gasteiger charge is -2.08. The quantitative estimate of drug-likeness (QED) is 0.719. The van der Waals surface area contributed by atoms with Crippen LogP contribution in [0.25, 0.3) is 11.5 Å². The highest BCUT2D eigenvalue weighted by molar-refractivity contribution is 5.58. The molecule has 0 aliphatic rings. The minimum atomic E-state index is 0.387. The van der Waals surface area contributed by atoms with Crippen molar-refractivity contribution in [2.75, 3.05) is 0 Å². The first-order chi connectivity index (χ1) is 10.6. The maximum Gasteiger partial charge on any atom is 0.226 e. The van der Waals surface area contributed by atoms with E-state index in [2.05, 4.69) is 36.4 Å². The average Bonchev–Trinajstić information content (AvgIpc) is 3.07. The van der Waals surface area contributed by atoms with Crippen LogP contribution < -0.4 is 0 Å². The molecule has 0 spiro atoms. The molecule has 3 aromatic rings. The van der Waals surface area contributed by atoms with Gasteiger partial charge in [0, 0.05) is 23.9 Å². The third kappa shape index (κ3) is 2.69. The molecule has 3 rings (SSSR count). The molecule has 0 bridgehead atoms. The SMILES string of the molecule is Cc1ccccc1-c1nc(Cn2ccnc2C(C)C)c(C)o1. The number of oxazole rings is 1. The number of imidazole rings is 1. The second-order valence-corrected chi connectivity index (χ2v) is 5.90. The van der Waals surface area contributed by atoms with Gasteiger partial charge in [0.1, 0.15) is 17.3 Å². The van der Waals surface area contributed by atoms with Gasteiger partial charge >= 0.3 is 0 Å². The van der Waals surface area contributed by atoms with Crippen molar-refractivity contribution in [2.45, 2.75) is 40.2 Å². The van der Waals surface area contributed by atoms with E-state index in [1.54, 1.807) is 0 Å². The predicted octanol–water partition coefficient (Wildman–Crippen LogP) is 4.33. The molecule has 0 radical (unpaired) electrons. The molecule has 0 N–H and O–H groups in total. The fourth-order valence-electron chi connectivity index (χ4n) is 2.62. The maximum absolute atomic E-state index is 5.89. The van der Waals surface area contributed by atoms with Crippen molar-refractivity contribution in [2.24, 2.45) is 0 Å². The van der Waals surface area contributed by atoms with Gasteiger partial charge in [0.15, 0.2) is 0 Å². The molecule has 2 aromatic heterocycles. The minimum Gasteiger partial charge on any atom is -0.441 e. The van der Waals surface area contributed by atoms with E-state index >= 15 is 0 Å². The second kappa shape index (κ2) is 5.79. The van der Waals surface area contributed by atoms with Gasteiger partial charge in [-0.1, -0.05) is 32.0 Å². The van der Waals surface area contributed by atoms with Crippen molar-refractivity contribution in [3.8, 4) is 11.5 Å². The molecule has 0 fully saturated rings. The normalized spacial score (nSPS) is 11.3. The lowest BCUT2D eigenvalue weighted by Crippen LogP contribution is -2.06. The number of nitrogens with zero attached hydrogens (tertiary/aromatic N) is 3. The molecule has 4 heteroatoms. The molecule has 22 heavy (non-hydrogen) atoms. The zero-order chi connectivity index (χ0) is 15.7.